The quantitative estimate of drug-likeness (QED) is 0.850. The van der Waals surface area contributed by atoms with Gasteiger partial charge in [-0.25, -0.2) is 0 Å². The van der Waals surface area contributed by atoms with Crippen LogP contribution in [0.5, 0.6) is 0 Å². The molecule has 3 aliphatic rings. The van der Waals surface area contributed by atoms with E-state index in [1.807, 2.05) is 24.3 Å². The highest BCUT2D eigenvalue weighted by molar-refractivity contribution is 6.00. The van der Waals surface area contributed by atoms with Crippen LogP contribution in [0, 0.1) is 0 Å². The SMILES string of the molecule is O=C1NC(C(=O)NC2CCN(C3CCOCC3)CC2)Cc2ccccc21. The number of ether oxygens (including phenoxy) is 1. The second kappa shape index (κ2) is 7.76. The standard InChI is InChI=1S/C20H27N3O3/c24-19-17-4-2-1-3-14(17)13-18(22-19)20(25)21-15-5-9-23(10-6-15)16-7-11-26-12-8-16/h1-4,15-16,18H,5-13H2,(H,21,25)(H,22,24). The van der Waals surface area contributed by atoms with Crippen LogP contribution in [0.1, 0.15) is 41.6 Å². The van der Waals surface area contributed by atoms with E-state index in [0.29, 0.717) is 18.0 Å². The van der Waals surface area contributed by atoms with Gasteiger partial charge in [-0.3, -0.25) is 9.59 Å². The zero-order valence-corrected chi connectivity index (χ0v) is 15.1. The molecule has 140 valence electrons. The summed E-state index contributed by atoms with van der Waals surface area (Å²) in [4.78, 5) is 27.4. The zero-order chi connectivity index (χ0) is 17.9. The highest BCUT2D eigenvalue weighted by Gasteiger charge is 2.31. The average molecular weight is 357 g/mol. The number of piperidine rings is 1. The van der Waals surface area contributed by atoms with Crippen LogP contribution >= 0.6 is 0 Å². The number of benzene rings is 1. The first-order valence-corrected chi connectivity index (χ1v) is 9.71. The summed E-state index contributed by atoms with van der Waals surface area (Å²) in [5.74, 6) is -0.210. The first-order chi connectivity index (χ1) is 12.7. The molecular weight excluding hydrogens is 330 g/mol. The predicted octanol–water partition coefficient (Wildman–Crippen LogP) is 1.10. The Kier molecular flexibility index (Phi) is 5.22. The van der Waals surface area contributed by atoms with E-state index in [2.05, 4.69) is 15.5 Å². The van der Waals surface area contributed by atoms with Gasteiger partial charge in [0, 0.05) is 50.4 Å². The third-order valence-electron chi connectivity index (χ3n) is 5.89. The molecule has 0 radical (unpaired) electrons. The van der Waals surface area contributed by atoms with E-state index in [1.165, 1.54) is 0 Å². The molecule has 2 amide bonds. The molecule has 6 nitrogen and oxygen atoms in total. The number of carbonyl (C=O) groups is 2. The van der Waals surface area contributed by atoms with Crippen LogP contribution in [0.3, 0.4) is 0 Å². The Bertz CT molecular complexity index is 664. The number of nitrogens with zero attached hydrogens (tertiary/aromatic N) is 1. The maximum absolute atomic E-state index is 12.6. The van der Waals surface area contributed by atoms with Crippen molar-refractivity contribution in [3.8, 4) is 0 Å². The van der Waals surface area contributed by atoms with Crippen molar-refractivity contribution in [3.05, 3.63) is 35.4 Å². The second-order valence-electron chi connectivity index (χ2n) is 7.55. The molecule has 2 fully saturated rings. The summed E-state index contributed by atoms with van der Waals surface area (Å²) >= 11 is 0. The molecule has 0 spiro atoms. The van der Waals surface area contributed by atoms with Crippen molar-refractivity contribution in [1.29, 1.82) is 0 Å². The predicted molar refractivity (Wildman–Crippen MR) is 98.0 cm³/mol. The third-order valence-corrected chi connectivity index (χ3v) is 5.89. The molecule has 1 aromatic rings. The average Bonchev–Trinajstić information content (AvgIpc) is 2.69. The lowest BCUT2D eigenvalue weighted by molar-refractivity contribution is -0.124. The largest absolute Gasteiger partial charge is 0.381 e. The van der Waals surface area contributed by atoms with E-state index in [9.17, 15) is 9.59 Å². The fraction of sp³-hybridized carbons (Fsp3) is 0.600. The molecule has 0 aliphatic carbocycles. The van der Waals surface area contributed by atoms with Gasteiger partial charge < -0.3 is 20.3 Å². The molecule has 4 rings (SSSR count). The summed E-state index contributed by atoms with van der Waals surface area (Å²) in [5.41, 5.74) is 1.63. The van der Waals surface area contributed by atoms with Crippen molar-refractivity contribution in [1.82, 2.24) is 15.5 Å². The van der Waals surface area contributed by atoms with Gasteiger partial charge in [0.25, 0.3) is 5.91 Å². The van der Waals surface area contributed by atoms with Crippen molar-refractivity contribution in [2.45, 2.75) is 50.2 Å². The lowest BCUT2D eigenvalue weighted by Gasteiger charge is -2.39. The number of amides is 2. The highest BCUT2D eigenvalue weighted by atomic mass is 16.5. The van der Waals surface area contributed by atoms with Gasteiger partial charge in [0.05, 0.1) is 0 Å². The summed E-state index contributed by atoms with van der Waals surface area (Å²) in [7, 11) is 0. The van der Waals surface area contributed by atoms with E-state index in [0.717, 1.165) is 57.6 Å². The maximum Gasteiger partial charge on any atom is 0.252 e. The number of likely N-dealkylation sites (tertiary alicyclic amines) is 1. The molecule has 1 aromatic carbocycles. The molecule has 0 aromatic heterocycles. The molecule has 2 N–H and O–H groups in total. The molecule has 26 heavy (non-hydrogen) atoms. The van der Waals surface area contributed by atoms with Gasteiger partial charge >= 0.3 is 0 Å². The van der Waals surface area contributed by atoms with Gasteiger partial charge in [0.15, 0.2) is 0 Å². The molecule has 2 saturated heterocycles. The lowest BCUT2D eigenvalue weighted by Crippen LogP contribution is -2.55. The fourth-order valence-corrected chi connectivity index (χ4v) is 4.35. The Hall–Kier alpha value is -1.92. The Labute approximate surface area is 154 Å². The zero-order valence-electron chi connectivity index (χ0n) is 15.1. The van der Waals surface area contributed by atoms with Crippen LogP contribution < -0.4 is 10.6 Å². The topological polar surface area (TPSA) is 70.7 Å². The number of hydrogen-bond acceptors (Lipinski definition) is 4. The van der Waals surface area contributed by atoms with Gasteiger partial charge in [-0.2, -0.15) is 0 Å². The minimum atomic E-state index is -0.467. The van der Waals surface area contributed by atoms with Crippen LogP contribution in [0.4, 0.5) is 0 Å². The number of carbonyl (C=O) groups excluding carboxylic acids is 2. The van der Waals surface area contributed by atoms with E-state index in [4.69, 9.17) is 4.74 Å². The number of hydrogen-bond donors (Lipinski definition) is 2. The smallest absolute Gasteiger partial charge is 0.252 e. The Morgan fingerprint density at radius 3 is 2.62 bits per heavy atom. The normalized spacial score (nSPS) is 25.4. The summed E-state index contributed by atoms with van der Waals surface area (Å²) < 4.78 is 5.45. The summed E-state index contributed by atoms with van der Waals surface area (Å²) in [6.07, 6.45) is 4.74. The van der Waals surface area contributed by atoms with Crippen LogP contribution in [0.15, 0.2) is 24.3 Å². The summed E-state index contributed by atoms with van der Waals surface area (Å²) in [5, 5.41) is 6.01. The van der Waals surface area contributed by atoms with E-state index < -0.39 is 6.04 Å². The molecule has 1 unspecified atom stereocenters. The van der Waals surface area contributed by atoms with Gasteiger partial charge in [-0.1, -0.05) is 18.2 Å². The maximum atomic E-state index is 12.6. The van der Waals surface area contributed by atoms with Crippen LogP contribution in [0.2, 0.25) is 0 Å². The summed E-state index contributed by atoms with van der Waals surface area (Å²) in [6, 6.07) is 7.88. The highest BCUT2D eigenvalue weighted by Crippen LogP contribution is 2.21. The van der Waals surface area contributed by atoms with Gasteiger partial charge in [0.2, 0.25) is 5.91 Å². The van der Waals surface area contributed by atoms with Crippen LogP contribution in [0.25, 0.3) is 0 Å². The third kappa shape index (κ3) is 3.76. The molecule has 3 aliphatic heterocycles. The molecule has 1 atom stereocenters. The monoisotopic (exact) mass is 357 g/mol. The Morgan fingerprint density at radius 1 is 1.12 bits per heavy atom. The minimum Gasteiger partial charge on any atom is -0.381 e. The number of fused-ring (bicyclic) bond motifs is 1. The van der Waals surface area contributed by atoms with Crippen molar-refractivity contribution in [2.24, 2.45) is 0 Å². The second-order valence-corrected chi connectivity index (χ2v) is 7.55. The van der Waals surface area contributed by atoms with Crippen molar-refractivity contribution >= 4 is 11.8 Å². The summed E-state index contributed by atoms with van der Waals surface area (Å²) in [6.45, 7) is 3.78. The first-order valence-electron chi connectivity index (χ1n) is 9.71. The molecule has 3 heterocycles. The van der Waals surface area contributed by atoms with Crippen molar-refractivity contribution in [2.75, 3.05) is 26.3 Å². The Balaban J connectivity index is 1.29. The number of rotatable bonds is 3. The Morgan fingerprint density at radius 2 is 1.85 bits per heavy atom. The molecule has 6 heteroatoms. The minimum absolute atomic E-state index is 0.0580. The first kappa shape index (κ1) is 17.5. The van der Waals surface area contributed by atoms with Gasteiger partial charge in [-0.05, 0) is 37.3 Å². The number of nitrogens with one attached hydrogen (secondary N) is 2. The molecule has 0 saturated carbocycles. The molecule has 0 bridgehead atoms. The van der Waals surface area contributed by atoms with Crippen molar-refractivity contribution in [3.63, 3.8) is 0 Å². The van der Waals surface area contributed by atoms with Gasteiger partial charge in [-0.15, -0.1) is 0 Å². The van der Waals surface area contributed by atoms with Crippen LogP contribution in [-0.4, -0.2) is 61.1 Å². The molecular formula is C20H27N3O3. The lowest BCUT2D eigenvalue weighted by atomic mass is 9.94. The van der Waals surface area contributed by atoms with E-state index in [-0.39, 0.29) is 17.9 Å². The van der Waals surface area contributed by atoms with Gasteiger partial charge in [0.1, 0.15) is 6.04 Å². The van der Waals surface area contributed by atoms with Crippen molar-refractivity contribution < 1.29 is 14.3 Å². The fourth-order valence-electron chi connectivity index (χ4n) is 4.35. The van der Waals surface area contributed by atoms with Crippen LogP contribution in [-0.2, 0) is 16.0 Å². The van der Waals surface area contributed by atoms with E-state index in [1.54, 1.807) is 0 Å². The van der Waals surface area contributed by atoms with E-state index >= 15 is 0 Å².